The second-order valence-corrected chi connectivity index (χ2v) is 6.34. The molecule has 1 N–H and O–H groups in total. The molecule has 1 aliphatic rings. The van der Waals surface area contributed by atoms with Crippen LogP contribution in [-0.2, 0) is 11.3 Å². The van der Waals surface area contributed by atoms with E-state index in [9.17, 15) is 13.6 Å². The maximum atomic E-state index is 13.7. The Morgan fingerprint density at radius 2 is 1.88 bits per heavy atom. The molecule has 1 aliphatic heterocycles. The lowest BCUT2D eigenvalue weighted by molar-refractivity contribution is -0.117. The Hall–Kier alpha value is -2.38. The first-order chi connectivity index (χ1) is 12.4. The molecule has 0 aromatic heterocycles. The third-order valence-electron chi connectivity index (χ3n) is 3.77. The summed E-state index contributed by atoms with van der Waals surface area (Å²) in [5.41, 5.74) is 0.710. The number of ether oxygens (including phenoxy) is 2. The number of hydrogen-bond acceptors (Lipinski definition) is 4. The van der Waals surface area contributed by atoms with E-state index < -0.39 is 11.6 Å². The number of fused-ring (bicyclic) bond motifs is 1. The van der Waals surface area contributed by atoms with Crippen LogP contribution in [0.25, 0.3) is 0 Å². The first-order valence-electron chi connectivity index (χ1n) is 7.94. The predicted molar refractivity (Wildman–Crippen MR) is 93.8 cm³/mol. The third-order valence-corrected chi connectivity index (χ3v) is 4.09. The Bertz CT molecular complexity index is 832. The summed E-state index contributed by atoms with van der Waals surface area (Å²) in [6.07, 6.45) is 0. The van der Waals surface area contributed by atoms with Crippen molar-refractivity contribution in [3.8, 4) is 11.5 Å². The summed E-state index contributed by atoms with van der Waals surface area (Å²) in [7, 11) is 1.66. The molecular formula is C18H17ClF2N2O3. The summed E-state index contributed by atoms with van der Waals surface area (Å²) in [6, 6.07) is 6.55. The number of benzene rings is 2. The number of carbonyl (C=O) groups excluding carboxylic acids is 1. The molecule has 26 heavy (non-hydrogen) atoms. The average Bonchev–Trinajstić information content (AvgIpc) is 2.58. The van der Waals surface area contributed by atoms with Crippen LogP contribution in [-0.4, -0.2) is 37.6 Å². The van der Waals surface area contributed by atoms with Gasteiger partial charge in [-0.2, -0.15) is 0 Å². The first-order valence-corrected chi connectivity index (χ1v) is 8.31. The van der Waals surface area contributed by atoms with Gasteiger partial charge in [-0.1, -0.05) is 17.7 Å². The van der Waals surface area contributed by atoms with Crippen LogP contribution in [0.4, 0.5) is 14.5 Å². The Kier molecular flexibility index (Phi) is 5.58. The molecule has 0 fully saturated rings. The minimum absolute atomic E-state index is 0.00157. The first kappa shape index (κ1) is 18.4. The molecule has 0 aliphatic carbocycles. The predicted octanol–water partition coefficient (Wildman–Crippen LogP) is 3.46. The van der Waals surface area contributed by atoms with E-state index in [-0.39, 0.29) is 19.0 Å². The zero-order chi connectivity index (χ0) is 18.7. The molecule has 1 amide bonds. The lowest BCUT2D eigenvalue weighted by atomic mass is 10.2. The summed E-state index contributed by atoms with van der Waals surface area (Å²) in [4.78, 5) is 13.8. The van der Waals surface area contributed by atoms with Gasteiger partial charge < -0.3 is 14.8 Å². The van der Waals surface area contributed by atoms with Crippen molar-refractivity contribution < 1.29 is 23.0 Å². The number of hydrogen-bond donors (Lipinski definition) is 1. The zero-order valence-electron chi connectivity index (χ0n) is 14.0. The number of nitrogens with one attached hydrogen (secondary N) is 1. The van der Waals surface area contributed by atoms with Crippen molar-refractivity contribution >= 4 is 23.2 Å². The number of amides is 1. The van der Waals surface area contributed by atoms with Gasteiger partial charge in [0, 0.05) is 30.3 Å². The van der Waals surface area contributed by atoms with Crippen LogP contribution in [0.2, 0.25) is 5.02 Å². The molecule has 2 aromatic rings. The SMILES string of the molecule is CN(CC(=O)Nc1cc2c(cc1Cl)OCCO2)Cc1ccc(F)cc1F. The second kappa shape index (κ2) is 7.88. The van der Waals surface area contributed by atoms with Crippen molar-refractivity contribution in [2.75, 3.05) is 32.1 Å². The van der Waals surface area contributed by atoms with Crippen molar-refractivity contribution in [1.82, 2.24) is 4.90 Å². The van der Waals surface area contributed by atoms with Gasteiger partial charge >= 0.3 is 0 Å². The Balaban J connectivity index is 1.61. The van der Waals surface area contributed by atoms with Crippen molar-refractivity contribution in [2.24, 2.45) is 0 Å². The summed E-state index contributed by atoms with van der Waals surface area (Å²) < 4.78 is 37.5. The van der Waals surface area contributed by atoms with Gasteiger partial charge in [-0.3, -0.25) is 9.69 Å². The van der Waals surface area contributed by atoms with E-state index >= 15 is 0 Å². The molecule has 0 atom stereocenters. The molecule has 0 saturated carbocycles. The van der Waals surface area contributed by atoms with E-state index in [1.54, 1.807) is 24.1 Å². The monoisotopic (exact) mass is 382 g/mol. The van der Waals surface area contributed by atoms with Crippen molar-refractivity contribution in [3.63, 3.8) is 0 Å². The van der Waals surface area contributed by atoms with E-state index in [4.69, 9.17) is 21.1 Å². The van der Waals surface area contributed by atoms with Crippen molar-refractivity contribution in [2.45, 2.75) is 6.54 Å². The van der Waals surface area contributed by atoms with Crippen LogP contribution in [0.15, 0.2) is 30.3 Å². The minimum Gasteiger partial charge on any atom is -0.486 e. The second-order valence-electron chi connectivity index (χ2n) is 5.93. The molecule has 8 heteroatoms. The standard InChI is InChI=1S/C18H17ClF2N2O3/c1-23(9-11-2-3-12(20)6-14(11)21)10-18(24)22-15-8-17-16(7-13(15)19)25-4-5-26-17/h2-3,6-8H,4-5,9-10H2,1H3,(H,22,24). The number of rotatable bonds is 5. The smallest absolute Gasteiger partial charge is 0.238 e. The van der Waals surface area contributed by atoms with Gasteiger partial charge in [0.05, 0.1) is 17.3 Å². The molecule has 0 radical (unpaired) electrons. The Labute approximate surface area is 154 Å². The normalized spacial score (nSPS) is 13.0. The minimum atomic E-state index is -0.646. The fourth-order valence-electron chi connectivity index (χ4n) is 2.59. The number of anilines is 1. The number of likely N-dealkylation sites (N-methyl/N-ethyl adjacent to an activating group) is 1. The van der Waals surface area contributed by atoms with Gasteiger partial charge in [0.1, 0.15) is 24.8 Å². The van der Waals surface area contributed by atoms with Crippen molar-refractivity contribution in [3.05, 3.63) is 52.6 Å². The Morgan fingerprint density at radius 1 is 1.19 bits per heavy atom. The topological polar surface area (TPSA) is 50.8 Å². The molecule has 0 bridgehead atoms. The van der Waals surface area contributed by atoms with Crippen LogP contribution in [0.1, 0.15) is 5.56 Å². The fraction of sp³-hybridized carbons (Fsp3) is 0.278. The van der Waals surface area contributed by atoms with Gasteiger partial charge in [-0.05, 0) is 13.1 Å². The van der Waals surface area contributed by atoms with Gasteiger partial charge in [0.2, 0.25) is 5.91 Å². The van der Waals surface area contributed by atoms with Crippen LogP contribution in [0.3, 0.4) is 0 Å². The molecule has 3 rings (SSSR count). The lowest BCUT2D eigenvalue weighted by Gasteiger charge is -2.21. The van der Waals surface area contributed by atoms with Gasteiger partial charge in [-0.15, -0.1) is 0 Å². The molecule has 0 saturated heterocycles. The highest BCUT2D eigenvalue weighted by atomic mass is 35.5. The summed E-state index contributed by atoms with van der Waals surface area (Å²) in [5.74, 6) is -0.568. The molecule has 2 aromatic carbocycles. The van der Waals surface area contributed by atoms with Crippen LogP contribution in [0, 0.1) is 11.6 Å². The Morgan fingerprint density at radius 3 is 2.58 bits per heavy atom. The molecular weight excluding hydrogens is 366 g/mol. The zero-order valence-corrected chi connectivity index (χ0v) is 14.8. The molecule has 138 valence electrons. The van der Waals surface area contributed by atoms with E-state index in [0.29, 0.717) is 41.0 Å². The molecule has 1 heterocycles. The number of halogens is 3. The van der Waals surface area contributed by atoms with E-state index in [1.807, 2.05) is 0 Å². The van der Waals surface area contributed by atoms with Crippen LogP contribution < -0.4 is 14.8 Å². The summed E-state index contributed by atoms with van der Waals surface area (Å²) in [6.45, 7) is 1.03. The average molecular weight is 383 g/mol. The largest absolute Gasteiger partial charge is 0.486 e. The number of nitrogens with zero attached hydrogens (tertiary/aromatic N) is 1. The quantitative estimate of drug-likeness (QED) is 0.860. The van der Waals surface area contributed by atoms with Gasteiger partial charge in [-0.25, -0.2) is 8.78 Å². The highest BCUT2D eigenvalue weighted by Gasteiger charge is 2.17. The molecule has 5 nitrogen and oxygen atoms in total. The van der Waals surface area contributed by atoms with E-state index in [2.05, 4.69) is 5.32 Å². The van der Waals surface area contributed by atoms with E-state index in [1.165, 1.54) is 12.1 Å². The molecule has 0 spiro atoms. The van der Waals surface area contributed by atoms with Gasteiger partial charge in [0.25, 0.3) is 0 Å². The summed E-state index contributed by atoms with van der Waals surface area (Å²) >= 11 is 6.16. The summed E-state index contributed by atoms with van der Waals surface area (Å²) in [5, 5.41) is 3.03. The maximum absolute atomic E-state index is 13.7. The maximum Gasteiger partial charge on any atom is 0.238 e. The van der Waals surface area contributed by atoms with Crippen molar-refractivity contribution in [1.29, 1.82) is 0 Å². The highest BCUT2D eigenvalue weighted by molar-refractivity contribution is 6.34. The molecule has 0 unspecified atom stereocenters. The fourth-order valence-corrected chi connectivity index (χ4v) is 2.79. The van der Waals surface area contributed by atoms with E-state index in [0.717, 1.165) is 6.07 Å². The van der Waals surface area contributed by atoms with Crippen LogP contribution >= 0.6 is 11.6 Å². The highest BCUT2D eigenvalue weighted by Crippen LogP contribution is 2.37. The number of carbonyl (C=O) groups is 1. The lowest BCUT2D eigenvalue weighted by Crippen LogP contribution is -2.30. The third kappa shape index (κ3) is 4.42. The van der Waals surface area contributed by atoms with Gasteiger partial charge in [0.15, 0.2) is 11.5 Å². The van der Waals surface area contributed by atoms with Crippen LogP contribution in [0.5, 0.6) is 11.5 Å².